The minimum atomic E-state index is -0.398. The SMILES string of the molecule is CCOC(=O)CCN(c1ccc(C#N)cc1)N1CC(=O)N(CC)c2ccccc2C1=O. The van der Waals surface area contributed by atoms with Crippen LogP contribution in [0.5, 0.6) is 0 Å². The Balaban J connectivity index is 2.02. The number of fused-ring (bicyclic) bond motifs is 1. The van der Waals surface area contributed by atoms with E-state index < -0.39 is 5.97 Å². The van der Waals surface area contributed by atoms with Crippen molar-refractivity contribution >= 4 is 29.2 Å². The number of hydrogen-bond acceptors (Lipinski definition) is 6. The molecule has 8 heteroatoms. The molecule has 3 rings (SSSR count). The summed E-state index contributed by atoms with van der Waals surface area (Å²) in [6.45, 7) is 4.23. The summed E-state index contributed by atoms with van der Waals surface area (Å²) in [7, 11) is 0. The average molecular weight is 420 g/mol. The largest absolute Gasteiger partial charge is 0.466 e. The summed E-state index contributed by atoms with van der Waals surface area (Å²) in [5.41, 5.74) is 2.03. The van der Waals surface area contributed by atoms with Crippen molar-refractivity contribution in [3.05, 3.63) is 59.7 Å². The fourth-order valence-electron chi connectivity index (χ4n) is 3.52. The van der Waals surface area contributed by atoms with Gasteiger partial charge in [-0.15, -0.1) is 0 Å². The van der Waals surface area contributed by atoms with Gasteiger partial charge in [-0.25, -0.2) is 5.01 Å². The van der Waals surface area contributed by atoms with Gasteiger partial charge in [0.15, 0.2) is 0 Å². The number of hydrazine groups is 1. The minimum Gasteiger partial charge on any atom is -0.466 e. The monoisotopic (exact) mass is 420 g/mol. The fourth-order valence-corrected chi connectivity index (χ4v) is 3.52. The van der Waals surface area contributed by atoms with Gasteiger partial charge in [-0.2, -0.15) is 5.26 Å². The molecular weight excluding hydrogens is 396 g/mol. The molecule has 0 aromatic heterocycles. The second kappa shape index (κ2) is 9.76. The number of esters is 1. The molecule has 1 heterocycles. The number of anilines is 2. The van der Waals surface area contributed by atoms with Crippen LogP contribution < -0.4 is 9.91 Å². The van der Waals surface area contributed by atoms with Crippen LogP contribution in [0.1, 0.15) is 36.2 Å². The van der Waals surface area contributed by atoms with Crippen LogP contribution in [0.4, 0.5) is 11.4 Å². The third-order valence-corrected chi connectivity index (χ3v) is 4.98. The molecule has 2 amide bonds. The number of likely N-dealkylation sites (N-methyl/N-ethyl adjacent to an activating group) is 1. The number of para-hydroxylation sites is 1. The first kappa shape index (κ1) is 21.8. The summed E-state index contributed by atoms with van der Waals surface area (Å²) in [5, 5.41) is 12.1. The third-order valence-electron chi connectivity index (χ3n) is 4.98. The first-order chi connectivity index (χ1) is 15.0. The van der Waals surface area contributed by atoms with Crippen molar-refractivity contribution in [3.63, 3.8) is 0 Å². The zero-order valence-electron chi connectivity index (χ0n) is 17.6. The molecule has 0 spiro atoms. The third kappa shape index (κ3) is 4.67. The lowest BCUT2D eigenvalue weighted by atomic mass is 10.1. The van der Waals surface area contributed by atoms with Crippen molar-refractivity contribution in [1.82, 2.24) is 5.01 Å². The molecule has 2 aromatic carbocycles. The summed E-state index contributed by atoms with van der Waals surface area (Å²) in [5.74, 6) is -0.964. The molecule has 0 unspecified atom stereocenters. The molecule has 0 aliphatic carbocycles. The van der Waals surface area contributed by atoms with Gasteiger partial charge in [0, 0.05) is 6.54 Å². The predicted molar refractivity (Wildman–Crippen MR) is 115 cm³/mol. The number of ether oxygens (including phenoxy) is 1. The van der Waals surface area contributed by atoms with E-state index in [-0.39, 0.29) is 37.9 Å². The number of amides is 2. The van der Waals surface area contributed by atoms with Crippen molar-refractivity contribution in [2.75, 3.05) is 36.1 Å². The maximum atomic E-state index is 13.5. The van der Waals surface area contributed by atoms with Gasteiger partial charge in [0.25, 0.3) is 5.91 Å². The van der Waals surface area contributed by atoms with E-state index in [1.54, 1.807) is 65.4 Å². The van der Waals surface area contributed by atoms with Gasteiger partial charge in [0.1, 0.15) is 6.54 Å². The van der Waals surface area contributed by atoms with Crippen molar-refractivity contribution in [2.24, 2.45) is 0 Å². The molecule has 1 aliphatic rings. The van der Waals surface area contributed by atoms with Crippen molar-refractivity contribution in [3.8, 4) is 6.07 Å². The summed E-state index contributed by atoms with van der Waals surface area (Å²) < 4.78 is 5.03. The maximum absolute atomic E-state index is 13.5. The normalized spacial score (nSPS) is 13.3. The van der Waals surface area contributed by atoms with Crippen molar-refractivity contribution in [2.45, 2.75) is 20.3 Å². The van der Waals surface area contributed by atoms with Gasteiger partial charge in [-0.1, -0.05) is 12.1 Å². The first-order valence-corrected chi connectivity index (χ1v) is 10.1. The van der Waals surface area contributed by atoms with Gasteiger partial charge >= 0.3 is 5.97 Å². The van der Waals surface area contributed by atoms with E-state index in [0.717, 1.165) is 0 Å². The molecule has 0 atom stereocenters. The number of nitriles is 1. The number of hydrogen-bond donors (Lipinski definition) is 0. The smallest absolute Gasteiger partial charge is 0.307 e. The van der Waals surface area contributed by atoms with E-state index in [0.29, 0.717) is 29.0 Å². The lowest BCUT2D eigenvalue weighted by molar-refractivity contribution is -0.142. The lowest BCUT2D eigenvalue weighted by Crippen LogP contribution is -2.50. The summed E-state index contributed by atoms with van der Waals surface area (Å²) in [4.78, 5) is 40.1. The maximum Gasteiger partial charge on any atom is 0.307 e. The highest BCUT2D eigenvalue weighted by molar-refractivity contribution is 6.10. The molecule has 8 nitrogen and oxygen atoms in total. The van der Waals surface area contributed by atoms with E-state index in [1.165, 1.54) is 5.01 Å². The number of carbonyl (C=O) groups excluding carboxylic acids is 3. The molecule has 0 N–H and O–H groups in total. The Morgan fingerprint density at radius 1 is 1.13 bits per heavy atom. The van der Waals surface area contributed by atoms with Crippen LogP contribution in [-0.4, -0.2) is 49.0 Å². The Labute approximate surface area is 181 Å². The van der Waals surface area contributed by atoms with Gasteiger partial charge in [-0.05, 0) is 50.2 Å². The molecule has 0 bridgehead atoms. The highest BCUT2D eigenvalue weighted by atomic mass is 16.5. The lowest BCUT2D eigenvalue weighted by Gasteiger charge is -2.35. The summed E-state index contributed by atoms with van der Waals surface area (Å²) in [6.07, 6.45) is 0.0327. The van der Waals surface area contributed by atoms with Gasteiger partial charge < -0.3 is 9.64 Å². The summed E-state index contributed by atoms with van der Waals surface area (Å²) >= 11 is 0. The second-order valence-corrected chi connectivity index (χ2v) is 6.85. The minimum absolute atomic E-state index is 0.0327. The van der Waals surface area contributed by atoms with E-state index in [9.17, 15) is 14.4 Å². The second-order valence-electron chi connectivity index (χ2n) is 6.85. The van der Waals surface area contributed by atoms with Crippen LogP contribution in [0.3, 0.4) is 0 Å². The van der Waals surface area contributed by atoms with Crippen molar-refractivity contribution in [1.29, 1.82) is 5.26 Å². The van der Waals surface area contributed by atoms with Crippen LogP contribution in [0.25, 0.3) is 0 Å². The summed E-state index contributed by atoms with van der Waals surface area (Å²) in [6, 6.07) is 15.7. The van der Waals surface area contributed by atoms with Crippen LogP contribution in [0, 0.1) is 11.3 Å². The molecule has 0 radical (unpaired) electrons. The molecule has 0 saturated carbocycles. The molecule has 1 aliphatic heterocycles. The quantitative estimate of drug-likeness (QED) is 0.640. The van der Waals surface area contributed by atoms with Crippen molar-refractivity contribution < 1.29 is 19.1 Å². The Morgan fingerprint density at radius 2 is 1.84 bits per heavy atom. The predicted octanol–water partition coefficient (Wildman–Crippen LogP) is 2.74. The van der Waals surface area contributed by atoms with Crippen LogP contribution >= 0.6 is 0 Å². The molecule has 0 saturated heterocycles. The Kier molecular flexibility index (Phi) is 6.88. The van der Waals surface area contributed by atoms with Crippen LogP contribution in [0.15, 0.2) is 48.5 Å². The van der Waals surface area contributed by atoms with Gasteiger partial charge in [-0.3, -0.25) is 19.4 Å². The Morgan fingerprint density at radius 3 is 2.48 bits per heavy atom. The number of benzene rings is 2. The Hall–Kier alpha value is -3.86. The van der Waals surface area contributed by atoms with E-state index in [4.69, 9.17) is 10.00 Å². The molecule has 160 valence electrons. The molecular formula is C23H24N4O4. The van der Waals surface area contributed by atoms with E-state index in [2.05, 4.69) is 6.07 Å². The standard InChI is InChI=1S/C23H24N4O4/c1-3-25-20-8-6-5-7-19(20)23(30)27(16-21(25)28)26(14-13-22(29)31-4-2)18-11-9-17(15-24)10-12-18/h5-12H,3-4,13-14,16H2,1-2H3. The molecule has 31 heavy (non-hydrogen) atoms. The number of nitrogens with zero attached hydrogens (tertiary/aromatic N) is 4. The topological polar surface area (TPSA) is 93.9 Å². The number of rotatable bonds is 7. The molecule has 0 fully saturated rings. The van der Waals surface area contributed by atoms with Crippen LogP contribution in [0.2, 0.25) is 0 Å². The van der Waals surface area contributed by atoms with E-state index in [1.807, 2.05) is 6.92 Å². The highest BCUT2D eigenvalue weighted by Crippen LogP contribution is 2.28. The molecule has 2 aromatic rings. The fraction of sp³-hybridized carbons (Fsp3) is 0.304. The zero-order chi connectivity index (χ0) is 22.4. The Bertz CT molecular complexity index is 1010. The number of carbonyl (C=O) groups is 3. The van der Waals surface area contributed by atoms with Gasteiger partial charge in [0.05, 0.1) is 48.1 Å². The zero-order valence-corrected chi connectivity index (χ0v) is 17.6. The highest BCUT2D eigenvalue weighted by Gasteiger charge is 2.34. The average Bonchev–Trinajstić information content (AvgIpc) is 2.89. The van der Waals surface area contributed by atoms with Crippen LogP contribution in [-0.2, 0) is 14.3 Å². The van der Waals surface area contributed by atoms with E-state index >= 15 is 0 Å². The first-order valence-electron chi connectivity index (χ1n) is 10.1. The van der Waals surface area contributed by atoms with Gasteiger partial charge in [0.2, 0.25) is 5.91 Å².